The Morgan fingerprint density at radius 3 is 2.67 bits per heavy atom. The van der Waals surface area contributed by atoms with Crippen molar-refractivity contribution in [2.45, 2.75) is 33.2 Å². The summed E-state index contributed by atoms with van der Waals surface area (Å²) in [6, 6.07) is 2.26. The highest BCUT2D eigenvalue weighted by atomic mass is 16.5. The minimum Gasteiger partial charge on any atom is -0.383 e. The van der Waals surface area contributed by atoms with Gasteiger partial charge in [-0.05, 0) is 20.3 Å². The van der Waals surface area contributed by atoms with Crippen molar-refractivity contribution in [1.29, 1.82) is 0 Å². The number of ether oxygens (including phenoxy) is 1. The second-order valence-corrected chi connectivity index (χ2v) is 3.65. The highest BCUT2D eigenvalue weighted by Crippen LogP contribution is 2.08. The van der Waals surface area contributed by atoms with Crippen molar-refractivity contribution < 1.29 is 4.74 Å². The molecule has 1 atom stereocenters. The van der Waals surface area contributed by atoms with Crippen LogP contribution in [0.5, 0.6) is 0 Å². The summed E-state index contributed by atoms with van der Waals surface area (Å²) in [6.45, 7) is 6.68. The van der Waals surface area contributed by atoms with Gasteiger partial charge in [-0.1, -0.05) is 6.92 Å². The monoisotopic (exact) mass is 209 g/mol. The van der Waals surface area contributed by atoms with E-state index in [-0.39, 0.29) is 0 Å². The normalized spacial score (nSPS) is 12.5. The van der Waals surface area contributed by atoms with E-state index in [2.05, 4.69) is 22.2 Å². The molecule has 84 valence electrons. The quantitative estimate of drug-likeness (QED) is 0.805. The lowest BCUT2D eigenvalue weighted by atomic mass is 10.2. The molecule has 0 saturated heterocycles. The van der Waals surface area contributed by atoms with Crippen molar-refractivity contribution in [1.82, 2.24) is 9.97 Å². The van der Waals surface area contributed by atoms with Crippen LogP contribution < -0.4 is 5.32 Å². The number of anilines is 1. The molecule has 0 aliphatic heterocycles. The van der Waals surface area contributed by atoms with Crippen LogP contribution in [0.25, 0.3) is 0 Å². The molecule has 15 heavy (non-hydrogen) atoms. The fraction of sp³-hybridized carbons (Fsp3) is 0.636. The number of hydrogen-bond acceptors (Lipinski definition) is 4. The SMILES string of the molecule is CCC(COC)Nc1cc(C)nc(C)n1. The molecule has 0 fully saturated rings. The predicted octanol–water partition coefficient (Wildman–Crippen LogP) is 1.93. The molecule has 1 aromatic heterocycles. The Hall–Kier alpha value is -1.16. The summed E-state index contributed by atoms with van der Waals surface area (Å²) in [5, 5.41) is 3.34. The first-order valence-electron chi connectivity index (χ1n) is 5.23. The first-order valence-corrected chi connectivity index (χ1v) is 5.23. The van der Waals surface area contributed by atoms with Crippen molar-refractivity contribution in [2.24, 2.45) is 0 Å². The van der Waals surface area contributed by atoms with Gasteiger partial charge in [0.25, 0.3) is 0 Å². The van der Waals surface area contributed by atoms with Gasteiger partial charge < -0.3 is 10.1 Å². The van der Waals surface area contributed by atoms with Crippen molar-refractivity contribution in [3.8, 4) is 0 Å². The largest absolute Gasteiger partial charge is 0.383 e. The van der Waals surface area contributed by atoms with Crippen LogP contribution in [-0.2, 0) is 4.74 Å². The van der Waals surface area contributed by atoms with Gasteiger partial charge in [-0.3, -0.25) is 0 Å². The molecular formula is C11H19N3O. The minimum atomic E-state index is 0.309. The summed E-state index contributed by atoms with van der Waals surface area (Å²) in [4.78, 5) is 8.56. The average Bonchev–Trinajstić information content (AvgIpc) is 2.15. The van der Waals surface area contributed by atoms with Crippen LogP contribution in [0.1, 0.15) is 24.9 Å². The van der Waals surface area contributed by atoms with Crippen LogP contribution in [-0.4, -0.2) is 29.7 Å². The van der Waals surface area contributed by atoms with E-state index in [0.29, 0.717) is 12.6 Å². The molecule has 0 aliphatic rings. The van der Waals surface area contributed by atoms with Crippen LogP contribution in [0, 0.1) is 13.8 Å². The van der Waals surface area contributed by atoms with Crippen LogP contribution >= 0.6 is 0 Å². The Balaban J connectivity index is 2.69. The lowest BCUT2D eigenvalue weighted by Crippen LogP contribution is -2.24. The zero-order valence-corrected chi connectivity index (χ0v) is 9.87. The topological polar surface area (TPSA) is 47.0 Å². The summed E-state index contributed by atoms with van der Waals surface area (Å²) >= 11 is 0. The van der Waals surface area contributed by atoms with Gasteiger partial charge in [0.05, 0.1) is 12.6 Å². The Bertz CT molecular complexity index is 294. The molecule has 0 spiro atoms. The van der Waals surface area contributed by atoms with Crippen molar-refractivity contribution in [2.75, 3.05) is 19.0 Å². The summed E-state index contributed by atoms with van der Waals surface area (Å²) in [5.74, 6) is 1.67. The molecule has 1 unspecified atom stereocenters. The van der Waals surface area contributed by atoms with Crippen molar-refractivity contribution >= 4 is 5.82 Å². The number of hydrogen-bond donors (Lipinski definition) is 1. The van der Waals surface area contributed by atoms with Crippen LogP contribution in [0.3, 0.4) is 0 Å². The predicted molar refractivity (Wildman–Crippen MR) is 61.1 cm³/mol. The Morgan fingerprint density at radius 2 is 2.13 bits per heavy atom. The molecule has 1 rings (SSSR count). The molecule has 0 amide bonds. The van der Waals surface area contributed by atoms with E-state index in [9.17, 15) is 0 Å². The fourth-order valence-corrected chi connectivity index (χ4v) is 1.46. The van der Waals surface area contributed by atoms with Gasteiger partial charge in [0, 0.05) is 18.9 Å². The number of nitrogens with zero attached hydrogens (tertiary/aromatic N) is 2. The minimum absolute atomic E-state index is 0.309. The van der Waals surface area contributed by atoms with Crippen molar-refractivity contribution in [3.05, 3.63) is 17.6 Å². The zero-order valence-electron chi connectivity index (χ0n) is 9.87. The van der Waals surface area contributed by atoms with Crippen molar-refractivity contribution in [3.63, 3.8) is 0 Å². The molecule has 1 heterocycles. The highest BCUT2D eigenvalue weighted by molar-refractivity contribution is 5.36. The van der Waals surface area contributed by atoms with Gasteiger partial charge in [0.15, 0.2) is 0 Å². The number of aromatic nitrogens is 2. The molecule has 0 radical (unpaired) electrons. The average molecular weight is 209 g/mol. The van der Waals surface area contributed by atoms with Gasteiger partial charge in [0.1, 0.15) is 11.6 Å². The van der Waals surface area contributed by atoms with Gasteiger partial charge in [-0.2, -0.15) is 0 Å². The zero-order chi connectivity index (χ0) is 11.3. The maximum Gasteiger partial charge on any atom is 0.130 e. The Morgan fingerprint density at radius 1 is 1.40 bits per heavy atom. The fourth-order valence-electron chi connectivity index (χ4n) is 1.46. The maximum absolute atomic E-state index is 5.12. The van der Waals surface area contributed by atoms with E-state index in [0.717, 1.165) is 23.8 Å². The lowest BCUT2D eigenvalue weighted by molar-refractivity contribution is 0.184. The molecule has 1 aromatic rings. The lowest BCUT2D eigenvalue weighted by Gasteiger charge is -2.16. The second-order valence-electron chi connectivity index (χ2n) is 3.65. The second kappa shape index (κ2) is 5.66. The molecule has 0 aliphatic carbocycles. The third kappa shape index (κ3) is 3.83. The van der Waals surface area contributed by atoms with E-state index in [1.54, 1.807) is 7.11 Å². The number of rotatable bonds is 5. The van der Waals surface area contributed by atoms with Crippen LogP contribution in [0.4, 0.5) is 5.82 Å². The van der Waals surface area contributed by atoms with E-state index in [1.807, 2.05) is 19.9 Å². The molecule has 0 saturated carbocycles. The van der Waals surface area contributed by atoms with Gasteiger partial charge in [0.2, 0.25) is 0 Å². The molecule has 4 heteroatoms. The summed E-state index contributed by atoms with van der Waals surface area (Å²) in [6.07, 6.45) is 1.01. The third-order valence-corrected chi connectivity index (χ3v) is 2.18. The van der Waals surface area contributed by atoms with E-state index < -0.39 is 0 Å². The van der Waals surface area contributed by atoms with E-state index in [1.165, 1.54) is 0 Å². The van der Waals surface area contributed by atoms with Crippen LogP contribution in [0.15, 0.2) is 6.07 Å². The summed E-state index contributed by atoms with van der Waals surface area (Å²) < 4.78 is 5.12. The standard InChI is InChI=1S/C11H19N3O/c1-5-10(7-15-4)14-11-6-8(2)12-9(3)13-11/h6,10H,5,7H2,1-4H3,(H,12,13,14). The molecular weight excluding hydrogens is 190 g/mol. The van der Waals surface area contributed by atoms with Crippen LogP contribution in [0.2, 0.25) is 0 Å². The molecule has 4 nitrogen and oxygen atoms in total. The first-order chi connectivity index (χ1) is 7.15. The number of nitrogens with one attached hydrogen (secondary N) is 1. The van der Waals surface area contributed by atoms with Gasteiger partial charge in [-0.25, -0.2) is 9.97 Å². The molecule has 1 N–H and O–H groups in total. The summed E-state index contributed by atoms with van der Waals surface area (Å²) in [5.41, 5.74) is 0.984. The molecule has 0 aromatic carbocycles. The van der Waals surface area contributed by atoms with Gasteiger partial charge in [-0.15, -0.1) is 0 Å². The maximum atomic E-state index is 5.12. The Labute approximate surface area is 91.1 Å². The number of methoxy groups -OCH3 is 1. The van der Waals surface area contributed by atoms with E-state index in [4.69, 9.17) is 4.74 Å². The number of aryl methyl sites for hydroxylation is 2. The highest BCUT2D eigenvalue weighted by Gasteiger charge is 2.06. The Kier molecular flexibility index (Phi) is 4.49. The van der Waals surface area contributed by atoms with Gasteiger partial charge >= 0.3 is 0 Å². The third-order valence-electron chi connectivity index (χ3n) is 2.18. The van der Waals surface area contributed by atoms with E-state index >= 15 is 0 Å². The summed E-state index contributed by atoms with van der Waals surface area (Å²) in [7, 11) is 1.71. The smallest absolute Gasteiger partial charge is 0.130 e. The first kappa shape index (κ1) is 11.9. The molecule has 0 bridgehead atoms.